The zero-order chi connectivity index (χ0) is 17.0. The number of nitrogens with zero attached hydrogens (tertiary/aromatic N) is 2. The van der Waals surface area contributed by atoms with Crippen molar-refractivity contribution < 1.29 is 9.47 Å². The number of rotatable bonds is 10. The molecule has 0 atom stereocenters. The van der Waals surface area contributed by atoms with Gasteiger partial charge in [0.25, 0.3) is 0 Å². The van der Waals surface area contributed by atoms with Gasteiger partial charge in [-0.25, -0.2) is 0 Å². The molecule has 1 aliphatic heterocycles. The van der Waals surface area contributed by atoms with Gasteiger partial charge in [0.05, 0.1) is 12.1 Å². The van der Waals surface area contributed by atoms with E-state index in [1.807, 2.05) is 6.08 Å². The van der Waals surface area contributed by atoms with Crippen LogP contribution in [0.3, 0.4) is 0 Å². The summed E-state index contributed by atoms with van der Waals surface area (Å²) in [4.78, 5) is 7.05. The van der Waals surface area contributed by atoms with Crippen LogP contribution in [0.15, 0.2) is 17.6 Å². The topological polar surface area (TPSA) is 46.1 Å². The first-order chi connectivity index (χ1) is 11.2. The van der Waals surface area contributed by atoms with Crippen molar-refractivity contribution in [2.24, 2.45) is 4.99 Å². The molecule has 0 bridgehead atoms. The summed E-state index contributed by atoms with van der Waals surface area (Å²) in [7, 11) is 3.90. The zero-order valence-electron chi connectivity index (χ0n) is 15.3. The summed E-state index contributed by atoms with van der Waals surface area (Å²) in [5, 5.41) is 3.39. The molecule has 0 spiro atoms. The minimum atomic E-state index is -0.163. The molecule has 0 saturated carbocycles. The molecule has 0 aromatic rings. The lowest BCUT2D eigenvalue weighted by molar-refractivity contribution is -0.0829. The lowest BCUT2D eigenvalue weighted by Crippen LogP contribution is -2.44. The summed E-state index contributed by atoms with van der Waals surface area (Å²) < 4.78 is 11.2. The lowest BCUT2D eigenvalue weighted by atomic mass is 9.94. The Bertz CT molecular complexity index is 352. The van der Waals surface area contributed by atoms with Gasteiger partial charge in [-0.15, -0.1) is 6.58 Å². The maximum absolute atomic E-state index is 5.77. The minimum absolute atomic E-state index is 0.163. The smallest absolute Gasteiger partial charge is 0.193 e. The van der Waals surface area contributed by atoms with Gasteiger partial charge in [0.15, 0.2) is 5.96 Å². The molecule has 1 rings (SSSR count). The maximum Gasteiger partial charge on any atom is 0.193 e. The van der Waals surface area contributed by atoms with Crippen molar-refractivity contribution in [1.29, 1.82) is 0 Å². The van der Waals surface area contributed by atoms with Gasteiger partial charge in [-0.05, 0) is 26.2 Å². The predicted octanol–water partition coefficient (Wildman–Crippen LogP) is 2.83. The molecule has 1 N–H and O–H groups in total. The van der Waals surface area contributed by atoms with Crippen LogP contribution >= 0.6 is 0 Å². The fourth-order valence-corrected chi connectivity index (χ4v) is 2.78. The Hall–Kier alpha value is -1.07. The van der Waals surface area contributed by atoms with E-state index < -0.39 is 0 Å². The normalized spacial score (nSPS) is 17.8. The first-order valence-corrected chi connectivity index (χ1v) is 8.90. The lowest BCUT2D eigenvalue weighted by Gasteiger charge is -2.35. The second-order valence-electron chi connectivity index (χ2n) is 6.23. The summed E-state index contributed by atoms with van der Waals surface area (Å²) in [6.45, 7) is 9.99. The standard InChI is InChI=1S/C18H35N3O2/c1-5-7-8-9-10-13-21(3)17(19-6-2)20-16-18(22-4)11-14-23-15-12-18/h5H,1,6-16H2,2-4H3,(H,19,20). The van der Waals surface area contributed by atoms with Crippen LogP contribution in [-0.2, 0) is 9.47 Å². The van der Waals surface area contributed by atoms with Gasteiger partial charge < -0.3 is 19.7 Å². The Morgan fingerprint density at radius 2 is 2.09 bits per heavy atom. The molecule has 0 unspecified atom stereocenters. The average Bonchev–Trinajstić information content (AvgIpc) is 2.59. The van der Waals surface area contributed by atoms with Crippen molar-refractivity contribution in [3.63, 3.8) is 0 Å². The van der Waals surface area contributed by atoms with Crippen molar-refractivity contribution >= 4 is 5.96 Å². The molecule has 5 heteroatoms. The zero-order valence-corrected chi connectivity index (χ0v) is 15.3. The van der Waals surface area contributed by atoms with Gasteiger partial charge in [0.1, 0.15) is 0 Å². The third-order valence-electron chi connectivity index (χ3n) is 4.45. The van der Waals surface area contributed by atoms with Crippen molar-refractivity contribution in [3.05, 3.63) is 12.7 Å². The number of nitrogens with one attached hydrogen (secondary N) is 1. The molecule has 0 aromatic carbocycles. The van der Waals surface area contributed by atoms with E-state index in [1.54, 1.807) is 7.11 Å². The van der Waals surface area contributed by atoms with E-state index in [1.165, 1.54) is 19.3 Å². The van der Waals surface area contributed by atoms with Crippen LogP contribution < -0.4 is 5.32 Å². The molecular formula is C18H35N3O2. The number of methoxy groups -OCH3 is 1. The summed E-state index contributed by atoms with van der Waals surface area (Å²) in [5.41, 5.74) is -0.163. The first-order valence-electron chi connectivity index (χ1n) is 8.90. The van der Waals surface area contributed by atoms with E-state index in [0.717, 1.165) is 51.5 Å². The SMILES string of the molecule is C=CCCCCCN(C)C(=NCC1(OC)CCOCC1)NCC. The monoisotopic (exact) mass is 325 g/mol. The summed E-state index contributed by atoms with van der Waals surface area (Å²) in [6, 6.07) is 0. The number of hydrogen-bond acceptors (Lipinski definition) is 3. The van der Waals surface area contributed by atoms with Crippen molar-refractivity contribution in [2.45, 2.75) is 51.0 Å². The molecule has 23 heavy (non-hydrogen) atoms. The molecule has 1 fully saturated rings. The molecular weight excluding hydrogens is 290 g/mol. The van der Waals surface area contributed by atoms with Gasteiger partial charge >= 0.3 is 0 Å². The molecule has 5 nitrogen and oxygen atoms in total. The number of allylic oxidation sites excluding steroid dienone is 1. The largest absolute Gasteiger partial charge is 0.381 e. The Morgan fingerprint density at radius 3 is 2.70 bits per heavy atom. The highest BCUT2D eigenvalue weighted by Gasteiger charge is 2.32. The predicted molar refractivity (Wildman–Crippen MR) is 97.1 cm³/mol. The van der Waals surface area contributed by atoms with E-state index >= 15 is 0 Å². The van der Waals surface area contributed by atoms with Crippen molar-refractivity contribution in [2.75, 3.05) is 47.0 Å². The summed E-state index contributed by atoms with van der Waals surface area (Å²) >= 11 is 0. The highest BCUT2D eigenvalue weighted by atomic mass is 16.5. The van der Waals surface area contributed by atoms with Crippen LogP contribution in [0, 0.1) is 0 Å². The van der Waals surface area contributed by atoms with E-state index in [-0.39, 0.29) is 5.60 Å². The van der Waals surface area contributed by atoms with Crippen LogP contribution in [0.2, 0.25) is 0 Å². The maximum atomic E-state index is 5.77. The quantitative estimate of drug-likeness (QED) is 0.290. The Kier molecular flexibility index (Phi) is 9.96. The molecule has 1 aliphatic rings. The Labute approximate surface area is 142 Å². The van der Waals surface area contributed by atoms with Crippen LogP contribution in [0.1, 0.15) is 45.4 Å². The van der Waals surface area contributed by atoms with Crippen molar-refractivity contribution in [3.8, 4) is 0 Å². The number of guanidine groups is 1. The fraction of sp³-hybridized carbons (Fsp3) is 0.833. The summed E-state index contributed by atoms with van der Waals surface area (Å²) in [6.07, 6.45) is 8.56. The molecule has 0 radical (unpaired) electrons. The second kappa shape index (κ2) is 11.5. The van der Waals surface area contributed by atoms with Crippen LogP contribution in [0.25, 0.3) is 0 Å². The van der Waals surface area contributed by atoms with E-state index in [0.29, 0.717) is 6.54 Å². The molecule has 1 saturated heterocycles. The van der Waals surface area contributed by atoms with Gasteiger partial charge in [0, 0.05) is 53.3 Å². The highest BCUT2D eigenvalue weighted by Crippen LogP contribution is 2.24. The molecule has 1 heterocycles. The van der Waals surface area contributed by atoms with E-state index in [9.17, 15) is 0 Å². The molecule has 0 amide bonds. The Balaban J connectivity index is 2.51. The second-order valence-corrected chi connectivity index (χ2v) is 6.23. The first kappa shape index (κ1) is 20.0. The van der Waals surface area contributed by atoms with E-state index in [2.05, 4.69) is 30.8 Å². The van der Waals surface area contributed by atoms with Gasteiger partial charge in [-0.3, -0.25) is 4.99 Å². The molecule has 0 aliphatic carbocycles. The third kappa shape index (κ3) is 7.36. The van der Waals surface area contributed by atoms with Gasteiger partial charge in [-0.1, -0.05) is 12.5 Å². The minimum Gasteiger partial charge on any atom is -0.381 e. The highest BCUT2D eigenvalue weighted by molar-refractivity contribution is 5.79. The third-order valence-corrected chi connectivity index (χ3v) is 4.45. The summed E-state index contributed by atoms with van der Waals surface area (Å²) in [5.74, 6) is 0.971. The number of aliphatic imine (C=N–C) groups is 1. The van der Waals surface area contributed by atoms with Gasteiger partial charge in [-0.2, -0.15) is 0 Å². The Morgan fingerprint density at radius 1 is 1.35 bits per heavy atom. The van der Waals surface area contributed by atoms with Crippen LogP contribution in [0.4, 0.5) is 0 Å². The average molecular weight is 325 g/mol. The van der Waals surface area contributed by atoms with Crippen LogP contribution in [0.5, 0.6) is 0 Å². The van der Waals surface area contributed by atoms with Crippen LogP contribution in [-0.4, -0.2) is 63.5 Å². The van der Waals surface area contributed by atoms with Gasteiger partial charge in [0.2, 0.25) is 0 Å². The molecule has 134 valence electrons. The number of ether oxygens (including phenoxy) is 2. The van der Waals surface area contributed by atoms with Crippen molar-refractivity contribution in [1.82, 2.24) is 10.2 Å². The van der Waals surface area contributed by atoms with E-state index in [4.69, 9.17) is 14.5 Å². The molecule has 0 aromatic heterocycles. The number of unbranched alkanes of at least 4 members (excludes halogenated alkanes) is 3. The number of hydrogen-bond donors (Lipinski definition) is 1. The fourth-order valence-electron chi connectivity index (χ4n) is 2.78.